The maximum atomic E-state index is 12.2. The van der Waals surface area contributed by atoms with Crippen LogP contribution in [0.1, 0.15) is 10.6 Å². The summed E-state index contributed by atoms with van der Waals surface area (Å²) < 4.78 is 38.7. The van der Waals surface area contributed by atoms with Crippen LogP contribution in [0.25, 0.3) is 0 Å². The summed E-state index contributed by atoms with van der Waals surface area (Å²) in [7, 11) is 1.34. The minimum atomic E-state index is -2.93. The van der Waals surface area contributed by atoms with Gasteiger partial charge in [-0.3, -0.25) is 4.79 Å². The first kappa shape index (κ1) is 15.6. The Morgan fingerprint density at radius 3 is 2.77 bits per heavy atom. The first-order valence-electron chi connectivity index (χ1n) is 6.24. The normalized spacial score (nSPS) is 10.9. The summed E-state index contributed by atoms with van der Waals surface area (Å²) in [4.78, 5) is 11.6. The lowest BCUT2D eigenvalue weighted by Crippen LogP contribution is -2.03. The van der Waals surface area contributed by atoms with Gasteiger partial charge in [-0.2, -0.15) is 8.78 Å². The van der Waals surface area contributed by atoms with Gasteiger partial charge in [-0.1, -0.05) is 0 Å². The average molecular weight is 309 g/mol. The molecule has 22 heavy (non-hydrogen) atoms. The van der Waals surface area contributed by atoms with Crippen molar-refractivity contribution in [2.24, 2.45) is 0 Å². The summed E-state index contributed by atoms with van der Waals surface area (Å²) in [6, 6.07) is 7.49. The minimum absolute atomic E-state index is 0.0707. The predicted octanol–water partition coefficient (Wildman–Crippen LogP) is 3.70. The molecule has 2 rings (SSSR count). The van der Waals surface area contributed by atoms with Crippen molar-refractivity contribution in [1.29, 1.82) is 0 Å². The van der Waals surface area contributed by atoms with Gasteiger partial charge in [0.05, 0.1) is 13.4 Å². The largest absolute Gasteiger partial charge is 0.493 e. The molecule has 0 aliphatic heterocycles. The molecule has 0 atom stereocenters. The molecule has 1 heterocycles. The van der Waals surface area contributed by atoms with Crippen LogP contribution < -0.4 is 14.8 Å². The number of methoxy groups -OCH3 is 1. The van der Waals surface area contributed by atoms with Crippen LogP contribution in [0.3, 0.4) is 0 Å². The first-order valence-corrected chi connectivity index (χ1v) is 6.24. The summed E-state index contributed by atoms with van der Waals surface area (Å²) in [5.41, 5.74) is 0.543. The molecular weight excluding hydrogens is 296 g/mol. The highest BCUT2D eigenvalue weighted by Gasteiger charge is 2.10. The number of rotatable bonds is 7. The van der Waals surface area contributed by atoms with E-state index in [4.69, 9.17) is 9.15 Å². The van der Waals surface area contributed by atoms with Crippen LogP contribution in [0.15, 0.2) is 53.3 Å². The Labute approximate surface area is 125 Å². The van der Waals surface area contributed by atoms with Gasteiger partial charge in [0.15, 0.2) is 17.3 Å². The number of hydrogen-bond donors (Lipinski definition) is 1. The average Bonchev–Trinajstić information content (AvgIpc) is 3.02. The van der Waals surface area contributed by atoms with Crippen LogP contribution >= 0.6 is 0 Å². The standard InChI is InChI=1S/C15H13F2NO4/c1-20-14-9-10(4-5-13(14)22-15(16)17)18-7-6-11(19)12-3-2-8-21-12/h2-9,15,18H,1H3/b7-6+. The van der Waals surface area contributed by atoms with Crippen LogP contribution in [0.4, 0.5) is 14.5 Å². The lowest BCUT2D eigenvalue weighted by Gasteiger charge is -2.11. The van der Waals surface area contributed by atoms with Gasteiger partial charge >= 0.3 is 6.61 Å². The van der Waals surface area contributed by atoms with Gasteiger partial charge in [-0.05, 0) is 24.3 Å². The van der Waals surface area contributed by atoms with E-state index in [2.05, 4.69) is 10.1 Å². The van der Waals surface area contributed by atoms with Crippen LogP contribution in [0.5, 0.6) is 11.5 Å². The van der Waals surface area contributed by atoms with Crippen molar-refractivity contribution in [2.45, 2.75) is 6.61 Å². The molecule has 1 N–H and O–H groups in total. The van der Waals surface area contributed by atoms with E-state index in [0.29, 0.717) is 5.69 Å². The third-order valence-corrected chi connectivity index (χ3v) is 2.63. The summed E-state index contributed by atoms with van der Waals surface area (Å²) in [5.74, 6) is -0.00631. The Kier molecular flexibility index (Phi) is 5.13. The van der Waals surface area contributed by atoms with E-state index in [-0.39, 0.29) is 23.0 Å². The number of anilines is 1. The van der Waals surface area contributed by atoms with Crippen LogP contribution in [-0.4, -0.2) is 19.5 Å². The molecule has 2 aromatic rings. The number of carbonyl (C=O) groups is 1. The predicted molar refractivity (Wildman–Crippen MR) is 75.4 cm³/mol. The van der Waals surface area contributed by atoms with Crippen LogP contribution in [0, 0.1) is 0 Å². The van der Waals surface area contributed by atoms with Gasteiger partial charge in [0.25, 0.3) is 0 Å². The number of alkyl halides is 2. The number of allylic oxidation sites excluding steroid dienone is 1. The quantitative estimate of drug-likeness (QED) is 0.624. The Morgan fingerprint density at radius 2 is 2.14 bits per heavy atom. The fourth-order valence-electron chi connectivity index (χ4n) is 1.67. The number of carbonyl (C=O) groups excluding carboxylic acids is 1. The topological polar surface area (TPSA) is 60.7 Å². The molecule has 1 aromatic carbocycles. The van der Waals surface area contributed by atoms with Crippen molar-refractivity contribution in [2.75, 3.05) is 12.4 Å². The van der Waals surface area contributed by atoms with Crippen molar-refractivity contribution in [1.82, 2.24) is 0 Å². The Bertz CT molecular complexity index is 654. The molecule has 0 bridgehead atoms. The molecule has 0 saturated carbocycles. The first-order chi connectivity index (χ1) is 10.6. The lowest BCUT2D eigenvalue weighted by molar-refractivity contribution is -0.0512. The van der Waals surface area contributed by atoms with Gasteiger partial charge in [0.2, 0.25) is 5.78 Å². The number of nitrogens with one attached hydrogen (secondary N) is 1. The van der Waals surface area contributed by atoms with Crippen molar-refractivity contribution >= 4 is 11.5 Å². The second kappa shape index (κ2) is 7.26. The molecule has 0 aliphatic carbocycles. The summed E-state index contributed by atoms with van der Waals surface area (Å²) in [6.45, 7) is -2.93. The second-order valence-electron chi connectivity index (χ2n) is 4.06. The molecule has 0 fully saturated rings. The molecular formula is C15H13F2NO4. The number of ketones is 1. The minimum Gasteiger partial charge on any atom is -0.493 e. The highest BCUT2D eigenvalue weighted by atomic mass is 19.3. The molecule has 0 amide bonds. The maximum absolute atomic E-state index is 12.2. The molecule has 0 saturated heterocycles. The van der Waals surface area contributed by atoms with Crippen molar-refractivity contribution in [3.63, 3.8) is 0 Å². The van der Waals surface area contributed by atoms with E-state index in [1.54, 1.807) is 12.1 Å². The van der Waals surface area contributed by atoms with Gasteiger partial charge < -0.3 is 19.2 Å². The van der Waals surface area contributed by atoms with E-state index in [1.165, 1.54) is 43.8 Å². The summed E-state index contributed by atoms with van der Waals surface area (Å²) in [5, 5.41) is 2.83. The molecule has 0 spiro atoms. The highest BCUT2D eigenvalue weighted by molar-refractivity contribution is 6.02. The molecule has 0 aliphatic rings. The zero-order valence-corrected chi connectivity index (χ0v) is 11.6. The number of halogens is 2. The molecule has 116 valence electrons. The van der Waals surface area contributed by atoms with Crippen LogP contribution in [0.2, 0.25) is 0 Å². The maximum Gasteiger partial charge on any atom is 0.387 e. The van der Waals surface area contributed by atoms with Gasteiger partial charge in [0.1, 0.15) is 0 Å². The van der Waals surface area contributed by atoms with Crippen LogP contribution in [-0.2, 0) is 0 Å². The number of hydrogen-bond acceptors (Lipinski definition) is 5. The van der Waals surface area contributed by atoms with Crippen molar-refractivity contribution < 1.29 is 27.5 Å². The van der Waals surface area contributed by atoms with Gasteiger partial charge in [0, 0.05) is 24.0 Å². The molecule has 0 unspecified atom stereocenters. The molecule has 1 aromatic heterocycles. The third kappa shape index (κ3) is 4.08. The summed E-state index contributed by atoms with van der Waals surface area (Å²) in [6.07, 6.45) is 4.10. The van der Waals surface area contributed by atoms with E-state index in [1.807, 2.05) is 0 Å². The monoisotopic (exact) mass is 309 g/mol. The zero-order valence-electron chi connectivity index (χ0n) is 11.6. The highest BCUT2D eigenvalue weighted by Crippen LogP contribution is 2.31. The van der Waals surface area contributed by atoms with E-state index in [9.17, 15) is 13.6 Å². The van der Waals surface area contributed by atoms with Crippen molar-refractivity contribution in [3.05, 3.63) is 54.6 Å². The van der Waals surface area contributed by atoms with E-state index >= 15 is 0 Å². The lowest BCUT2D eigenvalue weighted by atomic mass is 10.2. The zero-order chi connectivity index (χ0) is 15.9. The van der Waals surface area contributed by atoms with Crippen molar-refractivity contribution in [3.8, 4) is 11.5 Å². The summed E-state index contributed by atoms with van der Waals surface area (Å²) >= 11 is 0. The number of benzene rings is 1. The van der Waals surface area contributed by atoms with Gasteiger partial charge in [-0.15, -0.1) is 0 Å². The second-order valence-corrected chi connectivity index (χ2v) is 4.06. The SMILES string of the molecule is COc1cc(N/C=C/C(=O)c2ccco2)ccc1OC(F)F. The van der Waals surface area contributed by atoms with Gasteiger partial charge in [-0.25, -0.2) is 0 Å². The Morgan fingerprint density at radius 1 is 1.32 bits per heavy atom. The Hall–Kier alpha value is -2.83. The van der Waals surface area contributed by atoms with E-state index < -0.39 is 6.61 Å². The molecule has 7 heteroatoms. The molecule has 5 nitrogen and oxygen atoms in total. The fourth-order valence-corrected chi connectivity index (χ4v) is 1.67. The third-order valence-electron chi connectivity index (χ3n) is 2.63. The Balaban J connectivity index is 2.02. The smallest absolute Gasteiger partial charge is 0.387 e. The number of ether oxygens (including phenoxy) is 2. The molecule has 0 radical (unpaired) electrons. The van der Waals surface area contributed by atoms with E-state index in [0.717, 1.165) is 0 Å². The number of furan rings is 1. The fraction of sp³-hybridized carbons (Fsp3) is 0.133.